The molecule has 17 heavy (non-hydrogen) atoms. The van der Waals surface area contributed by atoms with Crippen molar-refractivity contribution in [3.63, 3.8) is 0 Å². The van der Waals surface area contributed by atoms with Gasteiger partial charge in [0.1, 0.15) is 5.41 Å². The summed E-state index contributed by atoms with van der Waals surface area (Å²) < 4.78 is 0. The molecule has 5 nitrogen and oxygen atoms in total. The van der Waals surface area contributed by atoms with Crippen LogP contribution in [0.4, 0.5) is 0 Å². The van der Waals surface area contributed by atoms with Gasteiger partial charge in [0, 0.05) is 6.54 Å². The maximum Gasteiger partial charge on any atom is 0.233 e. The number of nitrogens with one attached hydrogen (secondary N) is 1. The minimum absolute atomic E-state index is 0.0551. The fourth-order valence-corrected chi connectivity index (χ4v) is 2.70. The Kier molecular flexibility index (Phi) is 3.26. The van der Waals surface area contributed by atoms with Crippen LogP contribution in [0.5, 0.6) is 0 Å². The van der Waals surface area contributed by atoms with Gasteiger partial charge in [-0.15, -0.1) is 0 Å². The number of amidine groups is 1. The van der Waals surface area contributed by atoms with Crippen LogP contribution in [-0.4, -0.2) is 23.5 Å². The van der Waals surface area contributed by atoms with Gasteiger partial charge in [0.15, 0.2) is 5.84 Å². The molecule has 0 saturated heterocycles. The first-order valence-corrected chi connectivity index (χ1v) is 6.35. The Morgan fingerprint density at radius 3 is 2.65 bits per heavy atom. The zero-order valence-electron chi connectivity index (χ0n) is 10.3. The third-order valence-electron chi connectivity index (χ3n) is 3.96. The summed E-state index contributed by atoms with van der Waals surface area (Å²) in [5, 5.41) is 14.7. The van der Waals surface area contributed by atoms with Gasteiger partial charge in [-0.05, 0) is 31.1 Å². The largest absolute Gasteiger partial charge is 0.409 e. The molecule has 0 unspecified atom stereocenters. The topological polar surface area (TPSA) is 87.7 Å². The van der Waals surface area contributed by atoms with E-state index >= 15 is 0 Å². The fourth-order valence-electron chi connectivity index (χ4n) is 2.70. The first kappa shape index (κ1) is 12.2. The number of hydrogen-bond donors (Lipinski definition) is 3. The van der Waals surface area contributed by atoms with E-state index in [-0.39, 0.29) is 11.7 Å². The zero-order chi connectivity index (χ0) is 12.5. The molecule has 2 saturated carbocycles. The molecule has 4 N–H and O–H groups in total. The van der Waals surface area contributed by atoms with Gasteiger partial charge in [-0.3, -0.25) is 4.79 Å². The summed E-state index contributed by atoms with van der Waals surface area (Å²) in [5.41, 5.74) is 4.91. The van der Waals surface area contributed by atoms with Crippen LogP contribution in [0.25, 0.3) is 0 Å². The third kappa shape index (κ3) is 2.37. The van der Waals surface area contributed by atoms with Crippen molar-refractivity contribution in [2.75, 3.05) is 6.54 Å². The predicted octanol–water partition coefficient (Wildman–Crippen LogP) is 1.07. The number of hydrogen-bond acceptors (Lipinski definition) is 3. The Hall–Kier alpha value is -1.26. The van der Waals surface area contributed by atoms with Crippen molar-refractivity contribution < 1.29 is 10.0 Å². The monoisotopic (exact) mass is 239 g/mol. The van der Waals surface area contributed by atoms with Crippen LogP contribution in [0.3, 0.4) is 0 Å². The van der Waals surface area contributed by atoms with Crippen LogP contribution in [0.1, 0.15) is 39.0 Å². The molecule has 2 aliphatic carbocycles. The van der Waals surface area contributed by atoms with Gasteiger partial charge in [-0.1, -0.05) is 24.9 Å². The van der Waals surface area contributed by atoms with E-state index in [4.69, 9.17) is 10.9 Å². The second kappa shape index (κ2) is 4.55. The lowest BCUT2D eigenvalue weighted by Gasteiger charge is -2.43. The molecule has 0 bridgehead atoms. The van der Waals surface area contributed by atoms with Gasteiger partial charge >= 0.3 is 0 Å². The van der Waals surface area contributed by atoms with Gasteiger partial charge in [-0.25, -0.2) is 0 Å². The molecule has 0 heterocycles. The second-order valence-electron chi connectivity index (χ2n) is 5.57. The van der Waals surface area contributed by atoms with E-state index in [0.717, 1.165) is 12.3 Å². The maximum atomic E-state index is 12.1. The summed E-state index contributed by atoms with van der Waals surface area (Å²) in [4.78, 5) is 12.1. The van der Waals surface area contributed by atoms with Gasteiger partial charge in [0.2, 0.25) is 5.91 Å². The first-order valence-electron chi connectivity index (χ1n) is 6.35. The Morgan fingerprint density at radius 1 is 1.53 bits per heavy atom. The number of nitrogens with zero attached hydrogens (tertiary/aromatic N) is 1. The first-order chi connectivity index (χ1) is 8.08. The Balaban J connectivity index is 1.88. The zero-order valence-corrected chi connectivity index (χ0v) is 10.3. The molecular formula is C12H21N3O2. The van der Waals surface area contributed by atoms with Crippen LogP contribution in [-0.2, 0) is 4.79 Å². The molecule has 96 valence electrons. The van der Waals surface area contributed by atoms with Crippen molar-refractivity contribution in [2.24, 2.45) is 28.1 Å². The van der Waals surface area contributed by atoms with Crippen molar-refractivity contribution in [2.45, 2.75) is 39.0 Å². The van der Waals surface area contributed by atoms with Crippen LogP contribution in [0.2, 0.25) is 0 Å². The van der Waals surface area contributed by atoms with Crippen molar-refractivity contribution >= 4 is 11.7 Å². The van der Waals surface area contributed by atoms with E-state index in [1.807, 2.05) is 0 Å². The van der Waals surface area contributed by atoms with Gasteiger partial charge < -0.3 is 16.3 Å². The second-order valence-corrected chi connectivity index (χ2v) is 5.57. The third-order valence-corrected chi connectivity index (χ3v) is 3.96. The quantitative estimate of drug-likeness (QED) is 0.290. The standard InChI is InChI=1S/C12H21N3O2/c1-8-6-12(7-8,10(13)15-17)11(16)14-5-4-9-2-3-9/h8-9,17H,2-7H2,1H3,(H2,13,15)(H,14,16). The number of carbonyl (C=O) groups excluding carboxylic acids is 1. The highest BCUT2D eigenvalue weighted by molar-refractivity contribution is 6.07. The summed E-state index contributed by atoms with van der Waals surface area (Å²) in [6.07, 6.45) is 4.99. The molecule has 5 heteroatoms. The van der Waals surface area contributed by atoms with Crippen LogP contribution < -0.4 is 11.1 Å². The summed E-state index contributed by atoms with van der Waals surface area (Å²) in [7, 11) is 0. The highest BCUT2D eigenvalue weighted by Crippen LogP contribution is 2.45. The molecule has 2 rings (SSSR count). The lowest BCUT2D eigenvalue weighted by Crippen LogP contribution is -2.56. The highest BCUT2D eigenvalue weighted by Gasteiger charge is 2.52. The van der Waals surface area contributed by atoms with E-state index in [0.29, 0.717) is 25.3 Å². The van der Waals surface area contributed by atoms with Crippen LogP contribution in [0.15, 0.2) is 5.16 Å². The van der Waals surface area contributed by atoms with Gasteiger partial charge in [-0.2, -0.15) is 0 Å². The maximum absolute atomic E-state index is 12.1. The van der Waals surface area contributed by atoms with E-state index in [1.54, 1.807) is 0 Å². The predicted molar refractivity (Wildman–Crippen MR) is 64.6 cm³/mol. The van der Waals surface area contributed by atoms with E-state index < -0.39 is 5.41 Å². The summed E-state index contributed by atoms with van der Waals surface area (Å²) in [5.74, 6) is 1.24. The lowest BCUT2D eigenvalue weighted by molar-refractivity contribution is -0.133. The van der Waals surface area contributed by atoms with E-state index in [9.17, 15) is 4.79 Å². The molecule has 2 fully saturated rings. The van der Waals surface area contributed by atoms with E-state index in [2.05, 4.69) is 17.4 Å². The molecular weight excluding hydrogens is 218 g/mol. The number of amides is 1. The average Bonchev–Trinajstić information content (AvgIpc) is 3.07. The number of carbonyl (C=O) groups is 1. The molecule has 0 aromatic heterocycles. The van der Waals surface area contributed by atoms with Crippen molar-refractivity contribution in [3.8, 4) is 0 Å². The lowest BCUT2D eigenvalue weighted by atomic mass is 9.61. The van der Waals surface area contributed by atoms with Crippen LogP contribution in [0, 0.1) is 17.3 Å². The molecule has 1 amide bonds. The molecule has 0 radical (unpaired) electrons. The smallest absolute Gasteiger partial charge is 0.233 e. The van der Waals surface area contributed by atoms with Crippen molar-refractivity contribution in [1.29, 1.82) is 0 Å². The molecule has 0 aromatic rings. The average molecular weight is 239 g/mol. The Bertz CT molecular complexity index is 331. The summed E-state index contributed by atoms with van der Waals surface area (Å²) in [6, 6.07) is 0. The number of oxime groups is 1. The van der Waals surface area contributed by atoms with Gasteiger partial charge in [0.25, 0.3) is 0 Å². The van der Waals surface area contributed by atoms with Gasteiger partial charge in [0.05, 0.1) is 0 Å². The number of nitrogens with two attached hydrogens (primary N) is 1. The van der Waals surface area contributed by atoms with E-state index in [1.165, 1.54) is 12.8 Å². The fraction of sp³-hybridized carbons (Fsp3) is 0.833. The highest BCUT2D eigenvalue weighted by atomic mass is 16.4. The minimum atomic E-state index is -0.752. The molecule has 0 spiro atoms. The normalized spacial score (nSPS) is 33.0. The minimum Gasteiger partial charge on any atom is -0.409 e. The molecule has 2 aliphatic rings. The summed E-state index contributed by atoms with van der Waals surface area (Å²) >= 11 is 0. The molecule has 0 aromatic carbocycles. The summed E-state index contributed by atoms with van der Waals surface area (Å²) in [6.45, 7) is 2.78. The Morgan fingerprint density at radius 2 is 2.18 bits per heavy atom. The molecule has 0 atom stereocenters. The Labute approximate surface area is 101 Å². The number of rotatable bonds is 5. The molecule has 0 aliphatic heterocycles. The van der Waals surface area contributed by atoms with Crippen LogP contribution >= 0.6 is 0 Å². The van der Waals surface area contributed by atoms with Crippen molar-refractivity contribution in [1.82, 2.24) is 5.32 Å². The SMILES string of the molecule is CC1CC(C(=O)NCCC2CC2)(C(N)=NO)C1. The van der Waals surface area contributed by atoms with Crippen molar-refractivity contribution in [3.05, 3.63) is 0 Å².